The molecule has 0 aromatic heterocycles. The average molecular weight is 223 g/mol. The van der Waals surface area contributed by atoms with Gasteiger partial charge in [-0.1, -0.05) is 40.0 Å². The molecular formula is C15H29N. The van der Waals surface area contributed by atoms with Gasteiger partial charge in [-0.15, -0.1) is 0 Å². The summed E-state index contributed by atoms with van der Waals surface area (Å²) in [6.45, 7) is 9.84. The third kappa shape index (κ3) is 2.30. The fraction of sp³-hybridized carbons (Fsp3) is 1.00. The van der Waals surface area contributed by atoms with Crippen LogP contribution in [0.4, 0.5) is 0 Å². The summed E-state index contributed by atoms with van der Waals surface area (Å²) in [7, 11) is 0. The molecule has 0 amide bonds. The zero-order valence-electron chi connectivity index (χ0n) is 11.4. The maximum atomic E-state index is 3.63. The summed E-state index contributed by atoms with van der Waals surface area (Å²) in [6, 6.07) is 0. The quantitative estimate of drug-likeness (QED) is 0.750. The van der Waals surface area contributed by atoms with Gasteiger partial charge in [-0.05, 0) is 55.5 Å². The van der Waals surface area contributed by atoms with Crippen molar-refractivity contribution in [2.24, 2.45) is 23.2 Å². The van der Waals surface area contributed by atoms with Gasteiger partial charge in [0.25, 0.3) is 0 Å². The van der Waals surface area contributed by atoms with Crippen LogP contribution in [0.15, 0.2) is 0 Å². The fourth-order valence-electron chi connectivity index (χ4n) is 4.31. The summed E-state index contributed by atoms with van der Waals surface area (Å²) < 4.78 is 0. The first-order valence-corrected chi connectivity index (χ1v) is 7.36. The van der Waals surface area contributed by atoms with Crippen molar-refractivity contribution in [2.75, 3.05) is 13.1 Å². The van der Waals surface area contributed by atoms with E-state index in [2.05, 4.69) is 26.1 Å². The van der Waals surface area contributed by atoms with Gasteiger partial charge in [0.1, 0.15) is 0 Å². The average Bonchev–Trinajstić information content (AvgIpc) is 2.25. The van der Waals surface area contributed by atoms with E-state index in [0.717, 1.165) is 17.8 Å². The van der Waals surface area contributed by atoms with E-state index in [4.69, 9.17) is 0 Å². The lowest BCUT2D eigenvalue weighted by molar-refractivity contribution is -0.00445. The lowest BCUT2D eigenvalue weighted by atomic mass is 9.56. The summed E-state index contributed by atoms with van der Waals surface area (Å²) in [5, 5.41) is 3.63. The molecule has 1 nitrogen and oxygen atoms in total. The lowest BCUT2D eigenvalue weighted by Crippen LogP contribution is -2.50. The Kier molecular flexibility index (Phi) is 3.94. The monoisotopic (exact) mass is 223 g/mol. The van der Waals surface area contributed by atoms with Crippen LogP contribution in [0.1, 0.15) is 59.3 Å². The Morgan fingerprint density at radius 1 is 1.25 bits per heavy atom. The molecule has 0 aromatic rings. The molecular weight excluding hydrogens is 194 g/mol. The first kappa shape index (κ1) is 12.4. The smallest absolute Gasteiger partial charge is 0.00150 e. The maximum Gasteiger partial charge on any atom is -0.00150 e. The Morgan fingerprint density at radius 3 is 2.75 bits per heavy atom. The van der Waals surface area contributed by atoms with Gasteiger partial charge >= 0.3 is 0 Å². The van der Waals surface area contributed by atoms with E-state index >= 15 is 0 Å². The topological polar surface area (TPSA) is 12.0 Å². The summed E-state index contributed by atoms with van der Waals surface area (Å²) in [5.74, 6) is 2.76. The zero-order chi connectivity index (χ0) is 11.6. The predicted octanol–water partition coefficient (Wildman–Crippen LogP) is 3.84. The third-order valence-corrected chi connectivity index (χ3v) is 5.24. The molecule has 1 aliphatic heterocycles. The molecule has 1 N–H and O–H groups in total. The largest absolute Gasteiger partial charge is 0.316 e. The Labute approximate surface area is 101 Å². The molecule has 0 bridgehead atoms. The van der Waals surface area contributed by atoms with Gasteiger partial charge in [0.05, 0.1) is 0 Å². The highest BCUT2D eigenvalue weighted by molar-refractivity contribution is 4.97. The normalized spacial score (nSPS) is 40.5. The fourth-order valence-corrected chi connectivity index (χ4v) is 4.31. The molecule has 94 valence electrons. The Morgan fingerprint density at radius 2 is 2.06 bits per heavy atom. The molecule has 16 heavy (non-hydrogen) atoms. The standard InChI is InChI=1S/C15H29N/c1-12(2)10-14-11-16-9-8-15(14)7-5-4-6-13(15)3/h12-14,16H,4-11H2,1-3H3. The lowest BCUT2D eigenvalue weighted by Gasteiger charge is -2.52. The highest BCUT2D eigenvalue weighted by Crippen LogP contribution is 2.51. The highest BCUT2D eigenvalue weighted by Gasteiger charge is 2.45. The van der Waals surface area contributed by atoms with Crippen LogP contribution >= 0.6 is 0 Å². The van der Waals surface area contributed by atoms with Crippen molar-refractivity contribution in [1.29, 1.82) is 0 Å². The molecule has 0 aromatic carbocycles. The molecule has 1 heteroatoms. The predicted molar refractivity (Wildman–Crippen MR) is 70.5 cm³/mol. The van der Waals surface area contributed by atoms with Crippen molar-refractivity contribution in [2.45, 2.75) is 59.3 Å². The van der Waals surface area contributed by atoms with E-state index in [0.29, 0.717) is 5.41 Å². The number of rotatable bonds is 2. The van der Waals surface area contributed by atoms with Gasteiger partial charge in [0, 0.05) is 0 Å². The molecule has 3 atom stereocenters. The van der Waals surface area contributed by atoms with Gasteiger partial charge in [0.2, 0.25) is 0 Å². The minimum atomic E-state index is 0.702. The summed E-state index contributed by atoms with van der Waals surface area (Å²) in [6.07, 6.45) is 8.81. The Hall–Kier alpha value is -0.0400. The minimum Gasteiger partial charge on any atom is -0.316 e. The van der Waals surface area contributed by atoms with E-state index in [1.54, 1.807) is 0 Å². The molecule has 2 aliphatic rings. The van der Waals surface area contributed by atoms with Crippen LogP contribution in [0.25, 0.3) is 0 Å². The van der Waals surface area contributed by atoms with Crippen molar-refractivity contribution in [1.82, 2.24) is 5.32 Å². The van der Waals surface area contributed by atoms with Crippen molar-refractivity contribution < 1.29 is 0 Å². The van der Waals surface area contributed by atoms with E-state index in [1.165, 1.54) is 51.6 Å². The second-order valence-corrected chi connectivity index (χ2v) is 6.66. The van der Waals surface area contributed by atoms with E-state index in [-0.39, 0.29) is 0 Å². The van der Waals surface area contributed by atoms with Gasteiger partial charge in [-0.25, -0.2) is 0 Å². The SMILES string of the molecule is CC(C)CC1CNCCC12CCCCC2C. The Bertz CT molecular complexity index is 217. The molecule has 2 fully saturated rings. The number of hydrogen-bond acceptors (Lipinski definition) is 1. The summed E-state index contributed by atoms with van der Waals surface area (Å²) in [5.41, 5.74) is 0.702. The number of nitrogens with one attached hydrogen (secondary N) is 1. The van der Waals surface area contributed by atoms with Crippen LogP contribution in [-0.4, -0.2) is 13.1 Å². The molecule has 1 spiro atoms. The number of piperidine rings is 1. The summed E-state index contributed by atoms with van der Waals surface area (Å²) >= 11 is 0. The molecule has 1 heterocycles. The maximum absolute atomic E-state index is 3.63. The molecule has 2 rings (SSSR count). The van der Waals surface area contributed by atoms with Gasteiger partial charge in [-0.2, -0.15) is 0 Å². The van der Waals surface area contributed by atoms with Crippen LogP contribution in [0.3, 0.4) is 0 Å². The van der Waals surface area contributed by atoms with Crippen molar-refractivity contribution >= 4 is 0 Å². The number of hydrogen-bond donors (Lipinski definition) is 1. The molecule has 0 radical (unpaired) electrons. The van der Waals surface area contributed by atoms with Crippen molar-refractivity contribution in [3.05, 3.63) is 0 Å². The third-order valence-electron chi connectivity index (χ3n) is 5.24. The first-order valence-electron chi connectivity index (χ1n) is 7.36. The van der Waals surface area contributed by atoms with Crippen molar-refractivity contribution in [3.63, 3.8) is 0 Å². The van der Waals surface area contributed by atoms with Crippen LogP contribution in [0.2, 0.25) is 0 Å². The summed E-state index contributed by atoms with van der Waals surface area (Å²) in [4.78, 5) is 0. The second-order valence-electron chi connectivity index (χ2n) is 6.66. The highest BCUT2D eigenvalue weighted by atomic mass is 14.9. The second kappa shape index (κ2) is 5.08. The van der Waals surface area contributed by atoms with Gasteiger partial charge in [-0.3, -0.25) is 0 Å². The molecule has 1 saturated heterocycles. The molecule has 3 unspecified atom stereocenters. The molecule has 1 saturated carbocycles. The van der Waals surface area contributed by atoms with Crippen LogP contribution in [0, 0.1) is 23.2 Å². The van der Waals surface area contributed by atoms with Crippen LogP contribution < -0.4 is 5.32 Å². The molecule has 1 aliphatic carbocycles. The van der Waals surface area contributed by atoms with E-state index in [9.17, 15) is 0 Å². The van der Waals surface area contributed by atoms with Crippen molar-refractivity contribution in [3.8, 4) is 0 Å². The Balaban J connectivity index is 2.12. The van der Waals surface area contributed by atoms with E-state index < -0.39 is 0 Å². The first-order chi connectivity index (χ1) is 7.65. The van der Waals surface area contributed by atoms with E-state index in [1.807, 2.05) is 0 Å². The van der Waals surface area contributed by atoms with Gasteiger partial charge < -0.3 is 5.32 Å². The van der Waals surface area contributed by atoms with Crippen LogP contribution in [-0.2, 0) is 0 Å². The van der Waals surface area contributed by atoms with Crippen LogP contribution in [0.5, 0.6) is 0 Å². The minimum absolute atomic E-state index is 0.702. The van der Waals surface area contributed by atoms with Gasteiger partial charge in [0.15, 0.2) is 0 Å². The zero-order valence-corrected chi connectivity index (χ0v) is 11.4.